The van der Waals surface area contributed by atoms with Crippen LogP contribution in [0.3, 0.4) is 0 Å². The highest BCUT2D eigenvalue weighted by Crippen LogP contribution is 2.32. The number of hydrogen-bond donors (Lipinski definition) is 0. The molecule has 2 aromatic heterocycles. The molecule has 0 aliphatic carbocycles. The molecule has 2 heterocycles. The van der Waals surface area contributed by atoms with Crippen LogP contribution < -0.4 is 4.90 Å². The second-order valence-electron chi connectivity index (χ2n) is 7.66. The van der Waals surface area contributed by atoms with Gasteiger partial charge in [-0.1, -0.05) is 65.4 Å². The number of nitrogens with zero attached hydrogens (tertiary/aromatic N) is 4. The summed E-state index contributed by atoms with van der Waals surface area (Å²) in [4.78, 5) is 24.2. The molecule has 5 rings (SSSR count). The van der Waals surface area contributed by atoms with Gasteiger partial charge in [-0.25, -0.2) is 9.97 Å². The number of amides is 1. The summed E-state index contributed by atoms with van der Waals surface area (Å²) in [6.45, 7) is 1.32. The Labute approximate surface area is 200 Å². The van der Waals surface area contributed by atoms with Gasteiger partial charge in [-0.15, -0.1) is 0 Å². The molecule has 33 heavy (non-hydrogen) atoms. The molecule has 0 atom stereocenters. The van der Waals surface area contributed by atoms with E-state index in [0.717, 1.165) is 34.3 Å². The number of carbonyl (C=O) groups excluding carboxylic acids is 1. The monoisotopic (exact) mass is 472 g/mol. The molecule has 0 saturated heterocycles. The van der Waals surface area contributed by atoms with E-state index in [4.69, 9.17) is 16.6 Å². The van der Waals surface area contributed by atoms with Gasteiger partial charge in [-0.3, -0.25) is 9.69 Å². The molecule has 0 aliphatic heterocycles. The van der Waals surface area contributed by atoms with Gasteiger partial charge in [-0.05, 0) is 47.9 Å². The summed E-state index contributed by atoms with van der Waals surface area (Å²) in [5.41, 5.74) is 3.67. The third-order valence-corrected chi connectivity index (χ3v) is 6.69. The van der Waals surface area contributed by atoms with Crippen LogP contribution in [0.25, 0.3) is 21.3 Å². The SMILES string of the molecule is O=C(c1ccc(-c2ccccc2)cc1)N(CCCn1ccnc1)c1nc2ccc(Cl)cc2s1. The van der Waals surface area contributed by atoms with Crippen molar-refractivity contribution < 1.29 is 4.79 Å². The lowest BCUT2D eigenvalue weighted by molar-refractivity contribution is 0.0986. The predicted octanol–water partition coefficient (Wildman–Crippen LogP) is 6.55. The molecule has 0 bridgehead atoms. The van der Waals surface area contributed by atoms with Crippen molar-refractivity contribution in [2.45, 2.75) is 13.0 Å². The zero-order valence-corrected chi connectivity index (χ0v) is 19.3. The summed E-state index contributed by atoms with van der Waals surface area (Å²) in [7, 11) is 0. The molecule has 0 aliphatic rings. The molecule has 0 saturated carbocycles. The molecular formula is C26H21ClN4OS. The first-order valence-electron chi connectivity index (χ1n) is 10.7. The number of halogens is 1. The number of anilines is 1. The molecule has 0 N–H and O–H groups in total. The lowest BCUT2D eigenvalue weighted by Gasteiger charge is -2.20. The van der Waals surface area contributed by atoms with Crippen molar-refractivity contribution in [1.82, 2.24) is 14.5 Å². The summed E-state index contributed by atoms with van der Waals surface area (Å²) in [6.07, 6.45) is 6.25. The third kappa shape index (κ3) is 4.82. The first kappa shape index (κ1) is 21.4. The average molecular weight is 473 g/mol. The van der Waals surface area contributed by atoms with Gasteiger partial charge in [0.15, 0.2) is 5.13 Å². The minimum absolute atomic E-state index is 0.0644. The number of benzene rings is 3. The van der Waals surface area contributed by atoms with Crippen molar-refractivity contribution in [3.63, 3.8) is 0 Å². The minimum Gasteiger partial charge on any atom is -0.337 e. The highest BCUT2D eigenvalue weighted by molar-refractivity contribution is 7.22. The number of thiazole rings is 1. The number of fused-ring (bicyclic) bond motifs is 1. The largest absolute Gasteiger partial charge is 0.337 e. The van der Waals surface area contributed by atoms with E-state index in [9.17, 15) is 4.79 Å². The fourth-order valence-electron chi connectivity index (χ4n) is 3.71. The summed E-state index contributed by atoms with van der Waals surface area (Å²) < 4.78 is 2.97. The number of carbonyl (C=O) groups is 1. The molecular weight excluding hydrogens is 452 g/mol. The molecule has 5 nitrogen and oxygen atoms in total. The Bertz CT molecular complexity index is 1360. The number of hydrogen-bond acceptors (Lipinski definition) is 4. The van der Waals surface area contributed by atoms with Crippen LogP contribution in [0.2, 0.25) is 5.02 Å². The standard InChI is InChI=1S/C26H21ClN4OS/c27-22-11-12-23-24(17-22)33-26(29-23)31(15-4-14-30-16-13-28-18-30)25(32)21-9-7-20(8-10-21)19-5-2-1-3-6-19/h1-3,5-13,16-18H,4,14-15H2. The highest BCUT2D eigenvalue weighted by atomic mass is 35.5. The van der Waals surface area contributed by atoms with Crippen molar-refractivity contribution in [1.29, 1.82) is 0 Å². The first-order valence-corrected chi connectivity index (χ1v) is 11.9. The quantitative estimate of drug-likeness (QED) is 0.270. The molecule has 164 valence electrons. The minimum atomic E-state index is -0.0644. The number of aryl methyl sites for hydroxylation is 1. The zero-order chi connectivity index (χ0) is 22.6. The van der Waals surface area contributed by atoms with Crippen LogP contribution in [-0.4, -0.2) is 27.0 Å². The average Bonchev–Trinajstić information content (AvgIpc) is 3.52. The van der Waals surface area contributed by atoms with Crippen LogP contribution in [0.1, 0.15) is 16.8 Å². The van der Waals surface area contributed by atoms with E-state index >= 15 is 0 Å². The van der Waals surface area contributed by atoms with Gasteiger partial charge in [-0.2, -0.15) is 0 Å². The number of rotatable bonds is 7. The Morgan fingerprint density at radius 2 is 1.79 bits per heavy atom. The molecule has 0 fully saturated rings. The fraction of sp³-hybridized carbons (Fsp3) is 0.115. The maximum atomic E-state index is 13.6. The van der Waals surface area contributed by atoms with E-state index in [0.29, 0.717) is 22.3 Å². The third-order valence-electron chi connectivity index (χ3n) is 5.41. The Morgan fingerprint density at radius 3 is 2.55 bits per heavy atom. The molecule has 1 amide bonds. The van der Waals surface area contributed by atoms with Gasteiger partial charge in [0, 0.05) is 36.1 Å². The summed E-state index contributed by atoms with van der Waals surface area (Å²) in [6, 6.07) is 23.5. The Morgan fingerprint density at radius 1 is 1.00 bits per heavy atom. The normalized spacial score (nSPS) is 11.1. The second-order valence-corrected chi connectivity index (χ2v) is 9.11. The van der Waals surface area contributed by atoms with Gasteiger partial charge in [0.25, 0.3) is 5.91 Å². The maximum Gasteiger partial charge on any atom is 0.260 e. The van der Waals surface area contributed by atoms with Crippen LogP contribution in [0, 0.1) is 0 Å². The summed E-state index contributed by atoms with van der Waals surface area (Å²) >= 11 is 7.64. The molecule has 3 aromatic carbocycles. The molecule has 0 radical (unpaired) electrons. The van der Waals surface area contributed by atoms with E-state index in [1.54, 1.807) is 17.4 Å². The second kappa shape index (κ2) is 9.57. The van der Waals surface area contributed by atoms with Crippen LogP contribution >= 0.6 is 22.9 Å². The zero-order valence-electron chi connectivity index (χ0n) is 17.8. The van der Waals surface area contributed by atoms with Crippen molar-refractivity contribution in [3.05, 3.63) is 102 Å². The molecule has 5 aromatic rings. The van der Waals surface area contributed by atoms with Gasteiger partial charge in [0.1, 0.15) is 0 Å². The first-order chi connectivity index (χ1) is 16.2. The van der Waals surface area contributed by atoms with Crippen LogP contribution in [-0.2, 0) is 6.54 Å². The number of aromatic nitrogens is 3. The van der Waals surface area contributed by atoms with E-state index in [1.165, 1.54) is 11.3 Å². The van der Waals surface area contributed by atoms with Gasteiger partial charge < -0.3 is 4.57 Å². The lowest BCUT2D eigenvalue weighted by atomic mass is 10.0. The Balaban J connectivity index is 1.42. The topological polar surface area (TPSA) is 51.0 Å². The predicted molar refractivity (Wildman–Crippen MR) is 135 cm³/mol. The molecule has 7 heteroatoms. The van der Waals surface area contributed by atoms with E-state index in [1.807, 2.05) is 71.4 Å². The smallest absolute Gasteiger partial charge is 0.260 e. The van der Waals surface area contributed by atoms with Crippen molar-refractivity contribution in [2.75, 3.05) is 11.4 Å². The summed E-state index contributed by atoms with van der Waals surface area (Å²) in [5, 5.41) is 1.34. The Hall–Kier alpha value is -3.48. The van der Waals surface area contributed by atoms with Gasteiger partial charge in [0.05, 0.1) is 16.5 Å². The van der Waals surface area contributed by atoms with Crippen LogP contribution in [0.5, 0.6) is 0 Å². The molecule has 0 spiro atoms. The van der Waals surface area contributed by atoms with Crippen molar-refractivity contribution in [2.24, 2.45) is 0 Å². The van der Waals surface area contributed by atoms with Crippen molar-refractivity contribution >= 4 is 44.2 Å². The highest BCUT2D eigenvalue weighted by Gasteiger charge is 2.21. The maximum absolute atomic E-state index is 13.6. The Kier molecular flexibility index (Phi) is 6.19. The van der Waals surface area contributed by atoms with Gasteiger partial charge in [0.2, 0.25) is 0 Å². The number of imidazole rings is 1. The van der Waals surface area contributed by atoms with Crippen LogP contribution in [0.4, 0.5) is 5.13 Å². The van der Waals surface area contributed by atoms with E-state index < -0.39 is 0 Å². The van der Waals surface area contributed by atoms with E-state index in [2.05, 4.69) is 17.1 Å². The molecule has 0 unspecified atom stereocenters. The van der Waals surface area contributed by atoms with E-state index in [-0.39, 0.29) is 5.91 Å². The fourth-order valence-corrected chi connectivity index (χ4v) is 4.97. The van der Waals surface area contributed by atoms with Gasteiger partial charge >= 0.3 is 0 Å². The lowest BCUT2D eigenvalue weighted by Crippen LogP contribution is -2.32. The van der Waals surface area contributed by atoms with Crippen LogP contribution in [0.15, 0.2) is 91.5 Å². The summed E-state index contributed by atoms with van der Waals surface area (Å²) in [5.74, 6) is -0.0644. The van der Waals surface area contributed by atoms with Crippen molar-refractivity contribution in [3.8, 4) is 11.1 Å².